The number of aliphatic carboxylic acids is 1. The zero-order valence-corrected chi connectivity index (χ0v) is 12.1. The fourth-order valence-corrected chi connectivity index (χ4v) is 3.42. The van der Waals surface area contributed by atoms with E-state index in [9.17, 15) is 19.1 Å². The quantitative estimate of drug-likeness (QED) is 0.911. The predicted octanol–water partition coefficient (Wildman–Crippen LogP) is 2.41. The summed E-state index contributed by atoms with van der Waals surface area (Å²) >= 11 is 0. The summed E-state index contributed by atoms with van der Waals surface area (Å²) < 4.78 is 19.7. The number of amides is 1. The van der Waals surface area contributed by atoms with Crippen molar-refractivity contribution in [3.63, 3.8) is 0 Å². The normalized spacial score (nSPS) is 23.7. The lowest BCUT2D eigenvalue weighted by Crippen LogP contribution is -2.54. The second kappa shape index (κ2) is 5.68. The van der Waals surface area contributed by atoms with Crippen molar-refractivity contribution in [1.82, 2.24) is 4.90 Å². The Bertz CT molecular complexity index is 598. The number of ether oxygens (including phenoxy) is 1. The molecule has 0 bridgehead atoms. The van der Waals surface area contributed by atoms with Crippen LogP contribution in [0.25, 0.3) is 0 Å². The van der Waals surface area contributed by atoms with Gasteiger partial charge in [0.1, 0.15) is 11.5 Å². The van der Waals surface area contributed by atoms with Gasteiger partial charge in [-0.25, -0.2) is 9.18 Å². The van der Waals surface area contributed by atoms with Crippen LogP contribution >= 0.6 is 0 Å². The second-order valence-electron chi connectivity index (χ2n) is 5.83. The lowest BCUT2D eigenvalue weighted by atomic mass is 9.89. The Hall–Kier alpha value is -1.95. The highest BCUT2D eigenvalue weighted by Gasteiger charge is 2.53. The van der Waals surface area contributed by atoms with E-state index in [2.05, 4.69) is 0 Å². The van der Waals surface area contributed by atoms with Crippen molar-refractivity contribution < 1.29 is 23.8 Å². The van der Waals surface area contributed by atoms with Crippen LogP contribution < -0.4 is 0 Å². The summed E-state index contributed by atoms with van der Waals surface area (Å²) in [6.45, 7) is -0.0461. The van der Waals surface area contributed by atoms with E-state index in [0.717, 1.165) is 19.3 Å². The molecular weight excluding hydrogens is 289 g/mol. The third-order valence-electron chi connectivity index (χ3n) is 4.50. The molecule has 1 atom stereocenters. The van der Waals surface area contributed by atoms with Crippen molar-refractivity contribution in [2.45, 2.75) is 43.9 Å². The number of carbonyl (C=O) groups excluding carboxylic acids is 1. The zero-order chi connectivity index (χ0) is 15.7. The number of carboxylic acid groups (broad SMARTS) is 1. The van der Waals surface area contributed by atoms with Crippen molar-refractivity contribution in [2.75, 3.05) is 6.61 Å². The van der Waals surface area contributed by atoms with Gasteiger partial charge in [0, 0.05) is 0 Å². The topological polar surface area (TPSA) is 66.8 Å². The van der Waals surface area contributed by atoms with Crippen molar-refractivity contribution in [3.8, 4) is 0 Å². The summed E-state index contributed by atoms with van der Waals surface area (Å²) in [6, 6.07) is 4.58. The van der Waals surface area contributed by atoms with Gasteiger partial charge in [0.25, 0.3) is 5.91 Å². The van der Waals surface area contributed by atoms with Crippen LogP contribution in [-0.4, -0.2) is 40.3 Å². The first-order valence-electron chi connectivity index (χ1n) is 7.50. The third kappa shape index (κ3) is 2.37. The molecule has 1 aromatic rings. The van der Waals surface area contributed by atoms with Gasteiger partial charge < -0.3 is 9.84 Å². The molecule has 1 aromatic carbocycles. The van der Waals surface area contributed by atoms with E-state index in [1.54, 1.807) is 6.07 Å². The average Bonchev–Trinajstić information content (AvgIpc) is 2.87. The molecule has 0 radical (unpaired) electrons. The minimum Gasteiger partial charge on any atom is -0.480 e. The maximum Gasteiger partial charge on any atom is 0.328 e. The van der Waals surface area contributed by atoms with Crippen LogP contribution in [0.4, 0.5) is 4.39 Å². The van der Waals surface area contributed by atoms with Gasteiger partial charge in [-0.2, -0.15) is 0 Å². The van der Waals surface area contributed by atoms with Crippen LogP contribution in [-0.2, 0) is 9.53 Å². The summed E-state index contributed by atoms with van der Waals surface area (Å²) in [7, 11) is 0. The first-order chi connectivity index (χ1) is 10.6. The molecule has 1 saturated carbocycles. The predicted molar refractivity (Wildman–Crippen MR) is 75.8 cm³/mol. The van der Waals surface area contributed by atoms with Gasteiger partial charge in [-0.1, -0.05) is 18.6 Å². The SMILES string of the molecule is O=C(O)[C@@H]1COC2(CCCCC2)N1C(=O)c1ccccc1F. The van der Waals surface area contributed by atoms with Crippen molar-refractivity contribution in [1.29, 1.82) is 0 Å². The third-order valence-corrected chi connectivity index (χ3v) is 4.50. The Morgan fingerprint density at radius 3 is 2.55 bits per heavy atom. The monoisotopic (exact) mass is 307 g/mol. The van der Waals surface area contributed by atoms with E-state index in [0.29, 0.717) is 12.8 Å². The van der Waals surface area contributed by atoms with E-state index in [1.165, 1.54) is 23.1 Å². The summed E-state index contributed by atoms with van der Waals surface area (Å²) in [5.41, 5.74) is -1.01. The fourth-order valence-electron chi connectivity index (χ4n) is 3.42. The molecule has 5 nitrogen and oxygen atoms in total. The molecule has 1 amide bonds. The van der Waals surface area contributed by atoms with Gasteiger partial charge in [-0.3, -0.25) is 9.69 Å². The molecule has 6 heteroatoms. The zero-order valence-electron chi connectivity index (χ0n) is 12.1. The molecule has 1 aliphatic heterocycles. The Balaban J connectivity index is 2.00. The molecule has 1 heterocycles. The lowest BCUT2D eigenvalue weighted by molar-refractivity contribution is -0.143. The van der Waals surface area contributed by atoms with Gasteiger partial charge in [0.15, 0.2) is 6.04 Å². The highest BCUT2D eigenvalue weighted by molar-refractivity contribution is 5.97. The maximum atomic E-state index is 13.9. The van der Waals surface area contributed by atoms with Gasteiger partial charge in [0.2, 0.25) is 0 Å². The summed E-state index contributed by atoms with van der Waals surface area (Å²) in [5, 5.41) is 9.40. The van der Waals surface area contributed by atoms with E-state index < -0.39 is 29.5 Å². The van der Waals surface area contributed by atoms with E-state index in [1.807, 2.05) is 0 Å². The van der Waals surface area contributed by atoms with Gasteiger partial charge in [0.05, 0.1) is 12.2 Å². The molecule has 22 heavy (non-hydrogen) atoms. The van der Waals surface area contributed by atoms with E-state index >= 15 is 0 Å². The first kappa shape index (κ1) is 15.0. The molecule has 1 spiro atoms. The highest BCUT2D eigenvalue weighted by Crippen LogP contribution is 2.41. The Labute approximate surface area is 127 Å². The number of carboxylic acids is 1. The molecule has 2 fully saturated rings. The average molecular weight is 307 g/mol. The van der Waals surface area contributed by atoms with Crippen LogP contribution in [0.3, 0.4) is 0 Å². The Morgan fingerprint density at radius 1 is 1.23 bits per heavy atom. The number of hydrogen-bond donors (Lipinski definition) is 1. The molecule has 0 unspecified atom stereocenters. The van der Waals surface area contributed by atoms with Crippen molar-refractivity contribution in [2.24, 2.45) is 0 Å². The maximum absolute atomic E-state index is 13.9. The second-order valence-corrected chi connectivity index (χ2v) is 5.83. The Kier molecular flexibility index (Phi) is 3.87. The highest BCUT2D eigenvalue weighted by atomic mass is 19.1. The molecule has 1 N–H and O–H groups in total. The number of hydrogen-bond acceptors (Lipinski definition) is 3. The molecule has 118 valence electrons. The van der Waals surface area contributed by atoms with E-state index in [-0.39, 0.29) is 12.2 Å². The van der Waals surface area contributed by atoms with Crippen LogP contribution in [0.1, 0.15) is 42.5 Å². The standard InChI is InChI=1S/C16H18FNO4/c17-12-7-3-2-6-11(12)14(19)18-13(15(20)21)10-22-16(18)8-4-1-5-9-16/h2-3,6-7,13H,1,4-5,8-10H2,(H,20,21)/t13-/m0/s1. The summed E-state index contributed by atoms with van der Waals surface area (Å²) in [4.78, 5) is 25.5. The molecular formula is C16H18FNO4. The van der Waals surface area contributed by atoms with Gasteiger partial charge >= 0.3 is 5.97 Å². The summed E-state index contributed by atoms with van der Waals surface area (Å²) in [6.07, 6.45) is 3.96. The van der Waals surface area contributed by atoms with E-state index in [4.69, 9.17) is 4.74 Å². The number of benzene rings is 1. The minimum atomic E-state index is -1.12. The fraction of sp³-hybridized carbons (Fsp3) is 0.500. The van der Waals surface area contributed by atoms with Gasteiger partial charge in [-0.05, 0) is 37.8 Å². The molecule has 1 aliphatic carbocycles. The van der Waals surface area contributed by atoms with Crippen LogP contribution in [0.5, 0.6) is 0 Å². The Morgan fingerprint density at radius 2 is 1.91 bits per heavy atom. The smallest absolute Gasteiger partial charge is 0.328 e. The number of rotatable bonds is 2. The van der Waals surface area contributed by atoms with Crippen LogP contribution in [0.2, 0.25) is 0 Å². The molecule has 2 aliphatic rings. The van der Waals surface area contributed by atoms with Crippen LogP contribution in [0.15, 0.2) is 24.3 Å². The molecule has 3 rings (SSSR count). The first-order valence-corrected chi connectivity index (χ1v) is 7.50. The largest absolute Gasteiger partial charge is 0.480 e. The molecule has 0 aromatic heterocycles. The van der Waals surface area contributed by atoms with Gasteiger partial charge in [-0.15, -0.1) is 0 Å². The lowest BCUT2D eigenvalue weighted by Gasteiger charge is -2.41. The molecule has 1 saturated heterocycles. The van der Waals surface area contributed by atoms with Crippen LogP contribution in [0, 0.1) is 5.82 Å². The number of halogens is 1. The van der Waals surface area contributed by atoms with Crippen molar-refractivity contribution >= 4 is 11.9 Å². The van der Waals surface area contributed by atoms with Crippen molar-refractivity contribution in [3.05, 3.63) is 35.6 Å². The number of nitrogens with zero attached hydrogens (tertiary/aromatic N) is 1. The minimum absolute atomic E-state index is 0.0461. The number of carbonyl (C=O) groups is 2. The summed E-state index contributed by atoms with van der Waals surface area (Å²) in [5.74, 6) is -2.37.